The Morgan fingerprint density at radius 3 is 2.69 bits per heavy atom. The van der Waals surface area contributed by atoms with Crippen LogP contribution in [0, 0.1) is 0 Å². The molecule has 0 aliphatic heterocycles. The summed E-state index contributed by atoms with van der Waals surface area (Å²) in [6.45, 7) is 0. The first-order valence-corrected chi connectivity index (χ1v) is 5.13. The fourth-order valence-corrected chi connectivity index (χ4v) is 2.14. The van der Waals surface area contributed by atoms with Crippen molar-refractivity contribution in [1.82, 2.24) is 4.98 Å². The Kier molecular flexibility index (Phi) is 2.45. The number of nitrogens with zero attached hydrogens (tertiary/aromatic N) is 1. The number of hydrogen-bond donors (Lipinski definition) is 0. The molecule has 1 aromatic carbocycles. The third kappa shape index (κ3) is 1.66. The zero-order chi connectivity index (χ0) is 9.42. The number of halogens is 3. The second kappa shape index (κ2) is 3.45. The molecule has 0 saturated heterocycles. The monoisotopic (exact) mass is 275 g/mol. The Hall–Kier alpha value is -0.310. The van der Waals surface area contributed by atoms with E-state index >= 15 is 0 Å². The molecule has 0 aliphatic rings. The van der Waals surface area contributed by atoms with Crippen molar-refractivity contribution < 1.29 is 0 Å². The van der Waals surface area contributed by atoms with E-state index in [9.17, 15) is 0 Å². The normalized spacial score (nSPS) is 10.7. The third-order valence-corrected chi connectivity index (χ3v) is 2.92. The molecular formula is C9H4BrCl2N. The molecule has 0 bridgehead atoms. The lowest BCUT2D eigenvalue weighted by molar-refractivity contribution is 1.36. The lowest BCUT2D eigenvalue weighted by Crippen LogP contribution is -1.81. The molecule has 0 radical (unpaired) electrons. The van der Waals surface area contributed by atoms with Gasteiger partial charge in [-0.25, -0.2) is 4.98 Å². The maximum atomic E-state index is 5.92. The van der Waals surface area contributed by atoms with Gasteiger partial charge in [0.15, 0.2) is 0 Å². The van der Waals surface area contributed by atoms with Gasteiger partial charge in [-0.2, -0.15) is 0 Å². The summed E-state index contributed by atoms with van der Waals surface area (Å²) in [7, 11) is 0. The average Bonchev–Trinajstić information content (AvgIpc) is 2.07. The van der Waals surface area contributed by atoms with E-state index in [1.807, 2.05) is 18.2 Å². The first kappa shape index (κ1) is 9.25. The molecule has 0 spiro atoms. The number of pyridine rings is 1. The van der Waals surface area contributed by atoms with Crippen molar-refractivity contribution >= 4 is 49.9 Å². The Morgan fingerprint density at radius 2 is 1.92 bits per heavy atom. The van der Waals surface area contributed by atoms with Crippen LogP contribution in [0.5, 0.6) is 0 Å². The van der Waals surface area contributed by atoms with Crippen molar-refractivity contribution in [2.75, 3.05) is 0 Å². The van der Waals surface area contributed by atoms with E-state index < -0.39 is 0 Å². The first-order chi connectivity index (χ1) is 6.18. The molecule has 66 valence electrons. The van der Waals surface area contributed by atoms with Crippen LogP contribution in [0.3, 0.4) is 0 Å². The van der Waals surface area contributed by atoms with E-state index in [4.69, 9.17) is 23.2 Å². The Balaban J connectivity index is 2.94. The second-order valence-electron chi connectivity index (χ2n) is 2.57. The van der Waals surface area contributed by atoms with E-state index in [2.05, 4.69) is 20.9 Å². The van der Waals surface area contributed by atoms with Crippen LogP contribution in [0.15, 0.2) is 28.7 Å². The highest BCUT2D eigenvalue weighted by atomic mass is 79.9. The smallest absolute Gasteiger partial charge is 0.138 e. The maximum absolute atomic E-state index is 5.92. The van der Waals surface area contributed by atoms with Crippen LogP contribution < -0.4 is 0 Å². The summed E-state index contributed by atoms with van der Waals surface area (Å²) in [4.78, 5) is 3.95. The van der Waals surface area contributed by atoms with Gasteiger partial charge < -0.3 is 0 Å². The van der Waals surface area contributed by atoms with Crippen LogP contribution in [-0.4, -0.2) is 4.98 Å². The number of benzene rings is 1. The minimum absolute atomic E-state index is 0.407. The average molecular weight is 277 g/mol. The number of rotatable bonds is 0. The van der Waals surface area contributed by atoms with Crippen molar-refractivity contribution in [1.29, 1.82) is 0 Å². The van der Waals surface area contributed by atoms with Gasteiger partial charge in [-0.05, 0) is 12.1 Å². The summed E-state index contributed by atoms with van der Waals surface area (Å²) in [5.74, 6) is 0. The van der Waals surface area contributed by atoms with Crippen molar-refractivity contribution in [3.63, 3.8) is 0 Å². The van der Waals surface area contributed by atoms with Gasteiger partial charge in [-0.1, -0.05) is 51.3 Å². The molecule has 1 heterocycles. The molecule has 4 heteroatoms. The van der Waals surface area contributed by atoms with Crippen molar-refractivity contribution in [3.05, 3.63) is 39.0 Å². The number of aromatic nitrogens is 1. The number of fused-ring (bicyclic) bond motifs is 1. The predicted octanol–water partition coefficient (Wildman–Crippen LogP) is 4.30. The quantitative estimate of drug-likeness (QED) is 0.654. The van der Waals surface area contributed by atoms with Gasteiger partial charge in [0.1, 0.15) is 10.3 Å². The van der Waals surface area contributed by atoms with Gasteiger partial charge in [-0.3, -0.25) is 0 Å². The summed E-state index contributed by atoms with van der Waals surface area (Å²) in [5.41, 5.74) is 0. The number of hydrogen-bond acceptors (Lipinski definition) is 1. The van der Waals surface area contributed by atoms with Crippen LogP contribution in [-0.2, 0) is 0 Å². The Bertz CT molecular complexity index is 470. The Labute approximate surface area is 93.8 Å². The van der Waals surface area contributed by atoms with Crippen molar-refractivity contribution in [2.24, 2.45) is 0 Å². The first-order valence-electron chi connectivity index (χ1n) is 3.59. The van der Waals surface area contributed by atoms with Gasteiger partial charge in [0.05, 0.1) is 0 Å². The zero-order valence-electron chi connectivity index (χ0n) is 6.39. The topological polar surface area (TPSA) is 12.9 Å². The fraction of sp³-hybridized carbons (Fsp3) is 0. The van der Waals surface area contributed by atoms with Crippen molar-refractivity contribution in [2.45, 2.75) is 0 Å². The molecule has 0 aliphatic carbocycles. The standard InChI is InChI=1S/C9H4BrCl2N/c10-7-3-1-2-5-6(7)4-8(11)13-9(5)12/h1-4H. The molecule has 2 aromatic rings. The van der Waals surface area contributed by atoms with Gasteiger partial charge in [0.2, 0.25) is 0 Å². The lowest BCUT2D eigenvalue weighted by Gasteiger charge is -2.02. The lowest BCUT2D eigenvalue weighted by atomic mass is 10.2. The molecule has 1 nitrogen and oxygen atoms in total. The molecule has 0 amide bonds. The van der Waals surface area contributed by atoms with Crippen LogP contribution >= 0.6 is 39.1 Å². The molecule has 0 atom stereocenters. The van der Waals surface area contributed by atoms with Crippen LogP contribution in [0.1, 0.15) is 0 Å². The predicted molar refractivity (Wildman–Crippen MR) is 59.5 cm³/mol. The van der Waals surface area contributed by atoms with E-state index in [0.29, 0.717) is 10.3 Å². The summed E-state index contributed by atoms with van der Waals surface area (Å²) >= 11 is 15.1. The SMILES string of the molecule is Clc1cc2c(Br)cccc2c(Cl)n1. The van der Waals surface area contributed by atoms with Gasteiger partial charge in [0, 0.05) is 15.2 Å². The fourth-order valence-electron chi connectivity index (χ4n) is 1.17. The van der Waals surface area contributed by atoms with E-state index in [1.165, 1.54) is 0 Å². The van der Waals surface area contributed by atoms with Crippen LogP contribution in [0.25, 0.3) is 10.8 Å². The summed E-state index contributed by atoms with van der Waals surface area (Å²) in [5, 5.41) is 2.72. The highest BCUT2D eigenvalue weighted by molar-refractivity contribution is 9.10. The van der Waals surface area contributed by atoms with E-state index in [-0.39, 0.29) is 0 Å². The van der Waals surface area contributed by atoms with Crippen LogP contribution in [0.2, 0.25) is 10.3 Å². The zero-order valence-corrected chi connectivity index (χ0v) is 9.49. The molecule has 1 aromatic heterocycles. The third-order valence-electron chi connectivity index (χ3n) is 1.74. The summed E-state index contributed by atoms with van der Waals surface area (Å²) < 4.78 is 0.969. The largest absolute Gasteiger partial charge is 0.224 e. The van der Waals surface area contributed by atoms with Crippen LogP contribution in [0.4, 0.5) is 0 Å². The van der Waals surface area contributed by atoms with Crippen molar-refractivity contribution in [3.8, 4) is 0 Å². The van der Waals surface area contributed by atoms with E-state index in [0.717, 1.165) is 15.2 Å². The second-order valence-corrected chi connectivity index (χ2v) is 4.17. The van der Waals surface area contributed by atoms with E-state index in [1.54, 1.807) is 6.07 Å². The summed E-state index contributed by atoms with van der Waals surface area (Å²) in [6.07, 6.45) is 0. The highest BCUT2D eigenvalue weighted by Gasteiger charge is 2.04. The molecule has 13 heavy (non-hydrogen) atoms. The summed E-state index contributed by atoms with van der Waals surface area (Å²) in [6, 6.07) is 7.54. The molecule has 0 N–H and O–H groups in total. The minimum atomic E-state index is 0.407. The molecule has 0 fully saturated rings. The maximum Gasteiger partial charge on any atom is 0.138 e. The minimum Gasteiger partial charge on any atom is -0.224 e. The molecule has 0 saturated carbocycles. The van der Waals surface area contributed by atoms with Gasteiger partial charge >= 0.3 is 0 Å². The molecule has 2 rings (SSSR count). The van der Waals surface area contributed by atoms with Gasteiger partial charge in [-0.15, -0.1) is 0 Å². The molecular weight excluding hydrogens is 273 g/mol. The molecule has 0 unspecified atom stereocenters. The van der Waals surface area contributed by atoms with Gasteiger partial charge in [0.25, 0.3) is 0 Å². The highest BCUT2D eigenvalue weighted by Crippen LogP contribution is 2.29. The Morgan fingerprint density at radius 1 is 1.15 bits per heavy atom.